The summed E-state index contributed by atoms with van der Waals surface area (Å²) in [6.07, 6.45) is 0. The van der Waals surface area contributed by atoms with Gasteiger partial charge in [0.05, 0.1) is 0 Å². The van der Waals surface area contributed by atoms with Crippen LogP contribution in [0.25, 0.3) is 0 Å². The molecule has 0 spiro atoms. The predicted octanol–water partition coefficient (Wildman–Crippen LogP) is 2.95. The van der Waals surface area contributed by atoms with Crippen LogP contribution in [0.3, 0.4) is 0 Å². The number of amides is 1. The molecular weight excluding hydrogens is 254 g/mol. The molecule has 0 saturated carbocycles. The maximum absolute atomic E-state index is 11.8. The predicted molar refractivity (Wildman–Crippen MR) is 63.2 cm³/mol. The first-order valence-corrected chi connectivity index (χ1v) is 5.93. The zero-order valence-electron chi connectivity index (χ0n) is 8.96. The molecule has 2 nitrogen and oxygen atoms in total. The molecule has 1 aromatic rings. The lowest BCUT2D eigenvalue weighted by atomic mass is 10.1. The Bertz CT molecular complexity index is 401. The van der Waals surface area contributed by atoms with Crippen molar-refractivity contribution in [2.24, 2.45) is 5.92 Å². The smallest absolute Gasteiger partial charge is 0.225 e. The van der Waals surface area contributed by atoms with Gasteiger partial charge in [0.2, 0.25) is 5.91 Å². The molecule has 0 bridgehead atoms. The molecule has 1 heterocycles. The van der Waals surface area contributed by atoms with Gasteiger partial charge >= 0.3 is 0 Å². The van der Waals surface area contributed by atoms with Gasteiger partial charge < -0.3 is 4.90 Å². The largest absolute Gasteiger partial charge is 0.334 e. The highest BCUT2D eigenvalue weighted by Gasteiger charge is 2.24. The average Bonchev–Trinajstić information content (AvgIpc) is 2.58. The van der Waals surface area contributed by atoms with Crippen LogP contribution in [-0.2, 0) is 17.9 Å². The average molecular weight is 268 g/mol. The SMILES string of the molecule is CC(C)C(=O)N1Cc2ccc(Br)cc2C1. The van der Waals surface area contributed by atoms with Gasteiger partial charge in [0, 0.05) is 23.5 Å². The maximum Gasteiger partial charge on any atom is 0.225 e. The summed E-state index contributed by atoms with van der Waals surface area (Å²) in [6, 6.07) is 6.22. The normalized spacial score (nSPS) is 14.5. The fourth-order valence-corrected chi connectivity index (χ4v) is 2.29. The quantitative estimate of drug-likeness (QED) is 0.766. The Morgan fingerprint density at radius 3 is 2.67 bits per heavy atom. The molecule has 0 aromatic heterocycles. The lowest BCUT2D eigenvalue weighted by molar-refractivity contribution is -0.135. The van der Waals surface area contributed by atoms with Crippen LogP contribution >= 0.6 is 15.9 Å². The van der Waals surface area contributed by atoms with Crippen LogP contribution < -0.4 is 0 Å². The number of halogens is 1. The van der Waals surface area contributed by atoms with Crippen molar-refractivity contribution < 1.29 is 4.79 Å². The lowest BCUT2D eigenvalue weighted by Crippen LogP contribution is -2.29. The van der Waals surface area contributed by atoms with Gasteiger partial charge in [0.1, 0.15) is 0 Å². The molecule has 1 aliphatic rings. The van der Waals surface area contributed by atoms with E-state index in [1.54, 1.807) is 0 Å². The van der Waals surface area contributed by atoms with Crippen molar-refractivity contribution in [3.05, 3.63) is 33.8 Å². The molecular formula is C12H14BrNO. The van der Waals surface area contributed by atoms with Crippen LogP contribution in [-0.4, -0.2) is 10.8 Å². The second kappa shape index (κ2) is 3.97. The van der Waals surface area contributed by atoms with Gasteiger partial charge in [-0.2, -0.15) is 0 Å². The van der Waals surface area contributed by atoms with E-state index in [4.69, 9.17) is 0 Å². The van der Waals surface area contributed by atoms with Gasteiger partial charge in [0.15, 0.2) is 0 Å². The number of hydrogen-bond acceptors (Lipinski definition) is 1. The Labute approximate surface area is 98.4 Å². The van der Waals surface area contributed by atoms with Crippen molar-refractivity contribution in [2.75, 3.05) is 0 Å². The fraction of sp³-hybridized carbons (Fsp3) is 0.417. The summed E-state index contributed by atoms with van der Waals surface area (Å²) in [5, 5.41) is 0. The Hall–Kier alpha value is -0.830. The highest BCUT2D eigenvalue weighted by molar-refractivity contribution is 9.10. The summed E-state index contributed by atoms with van der Waals surface area (Å²) in [7, 11) is 0. The van der Waals surface area contributed by atoms with Gasteiger partial charge in [0.25, 0.3) is 0 Å². The Morgan fingerprint density at radius 1 is 1.33 bits per heavy atom. The van der Waals surface area contributed by atoms with E-state index in [2.05, 4.69) is 28.1 Å². The van der Waals surface area contributed by atoms with E-state index in [1.807, 2.05) is 24.8 Å². The van der Waals surface area contributed by atoms with Crippen molar-refractivity contribution >= 4 is 21.8 Å². The third kappa shape index (κ3) is 2.07. The summed E-state index contributed by atoms with van der Waals surface area (Å²) < 4.78 is 1.08. The molecule has 1 amide bonds. The highest BCUT2D eigenvalue weighted by atomic mass is 79.9. The minimum Gasteiger partial charge on any atom is -0.334 e. The summed E-state index contributed by atoms with van der Waals surface area (Å²) in [5.41, 5.74) is 2.53. The summed E-state index contributed by atoms with van der Waals surface area (Å²) in [6.45, 7) is 5.41. The Kier molecular flexibility index (Phi) is 2.83. The molecule has 0 radical (unpaired) electrons. The number of fused-ring (bicyclic) bond motifs is 1. The molecule has 0 saturated heterocycles. The van der Waals surface area contributed by atoms with E-state index >= 15 is 0 Å². The molecule has 80 valence electrons. The highest BCUT2D eigenvalue weighted by Crippen LogP contribution is 2.26. The number of carbonyl (C=O) groups excluding carboxylic acids is 1. The van der Waals surface area contributed by atoms with Crippen molar-refractivity contribution in [3.63, 3.8) is 0 Å². The van der Waals surface area contributed by atoms with E-state index < -0.39 is 0 Å². The van der Waals surface area contributed by atoms with Crippen LogP contribution in [0.2, 0.25) is 0 Å². The number of carbonyl (C=O) groups is 1. The van der Waals surface area contributed by atoms with Gasteiger partial charge in [-0.1, -0.05) is 35.8 Å². The molecule has 2 rings (SSSR count). The maximum atomic E-state index is 11.8. The number of rotatable bonds is 1. The monoisotopic (exact) mass is 267 g/mol. The first-order chi connectivity index (χ1) is 7.08. The van der Waals surface area contributed by atoms with Gasteiger partial charge in [-0.15, -0.1) is 0 Å². The van der Waals surface area contributed by atoms with Crippen molar-refractivity contribution in [3.8, 4) is 0 Å². The zero-order valence-corrected chi connectivity index (χ0v) is 10.5. The molecule has 0 fully saturated rings. The number of benzene rings is 1. The number of hydrogen-bond donors (Lipinski definition) is 0. The minimum absolute atomic E-state index is 0.0859. The first-order valence-electron chi connectivity index (χ1n) is 5.14. The van der Waals surface area contributed by atoms with Gasteiger partial charge in [-0.3, -0.25) is 4.79 Å². The third-order valence-corrected chi connectivity index (χ3v) is 3.19. The van der Waals surface area contributed by atoms with Crippen LogP contribution in [0.1, 0.15) is 25.0 Å². The van der Waals surface area contributed by atoms with Crippen LogP contribution in [0, 0.1) is 5.92 Å². The Morgan fingerprint density at radius 2 is 2.00 bits per heavy atom. The van der Waals surface area contributed by atoms with Crippen LogP contribution in [0.5, 0.6) is 0 Å². The number of nitrogens with zero attached hydrogens (tertiary/aromatic N) is 1. The van der Waals surface area contributed by atoms with E-state index in [9.17, 15) is 4.79 Å². The lowest BCUT2D eigenvalue weighted by Gasteiger charge is -2.17. The third-order valence-electron chi connectivity index (χ3n) is 2.70. The van der Waals surface area contributed by atoms with Crippen molar-refractivity contribution in [1.29, 1.82) is 0 Å². The molecule has 0 atom stereocenters. The molecule has 1 aromatic carbocycles. The van der Waals surface area contributed by atoms with E-state index in [1.165, 1.54) is 11.1 Å². The van der Waals surface area contributed by atoms with Crippen LogP contribution in [0.15, 0.2) is 22.7 Å². The summed E-state index contributed by atoms with van der Waals surface area (Å²) >= 11 is 3.45. The second-order valence-electron chi connectivity index (χ2n) is 4.26. The summed E-state index contributed by atoms with van der Waals surface area (Å²) in [5.74, 6) is 0.324. The molecule has 0 aliphatic carbocycles. The molecule has 0 N–H and O–H groups in total. The van der Waals surface area contributed by atoms with E-state index in [-0.39, 0.29) is 11.8 Å². The summed E-state index contributed by atoms with van der Waals surface area (Å²) in [4.78, 5) is 13.7. The Balaban J connectivity index is 2.19. The van der Waals surface area contributed by atoms with Crippen molar-refractivity contribution in [2.45, 2.75) is 26.9 Å². The van der Waals surface area contributed by atoms with E-state index in [0.717, 1.165) is 17.6 Å². The fourth-order valence-electron chi connectivity index (χ4n) is 1.88. The standard InChI is InChI=1S/C12H14BrNO/c1-8(2)12(15)14-6-9-3-4-11(13)5-10(9)7-14/h3-5,8H,6-7H2,1-2H3. The molecule has 1 aliphatic heterocycles. The van der Waals surface area contributed by atoms with Crippen molar-refractivity contribution in [1.82, 2.24) is 4.90 Å². The van der Waals surface area contributed by atoms with Crippen LogP contribution in [0.4, 0.5) is 0 Å². The zero-order chi connectivity index (χ0) is 11.0. The first kappa shape index (κ1) is 10.7. The molecule has 3 heteroatoms. The molecule has 15 heavy (non-hydrogen) atoms. The topological polar surface area (TPSA) is 20.3 Å². The van der Waals surface area contributed by atoms with Gasteiger partial charge in [-0.05, 0) is 23.3 Å². The van der Waals surface area contributed by atoms with E-state index in [0.29, 0.717) is 0 Å². The van der Waals surface area contributed by atoms with Gasteiger partial charge in [-0.25, -0.2) is 0 Å². The molecule has 0 unspecified atom stereocenters. The second-order valence-corrected chi connectivity index (χ2v) is 5.18. The minimum atomic E-state index is 0.0859.